The van der Waals surface area contributed by atoms with E-state index in [0.717, 1.165) is 26.1 Å². The Kier molecular flexibility index (Phi) is 4.54. The van der Waals surface area contributed by atoms with Crippen molar-refractivity contribution < 1.29 is 9.53 Å². The number of ether oxygens (including phenoxy) is 1. The van der Waals surface area contributed by atoms with Crippen LogP contribution in [0.5, 0.6) is 0 Å². The molecule has 0 aromatic rings. The zero-order valence-corrected chi connectivity index (χ0v) is 10.0. The fourth-order valence-electron chi connectivity index (χ4n) is 1.86. The van der Waals surface area contributed by atoms with E-state index in [-0.39, 0.29) is 5.91 Å². The van der Waals surface area contributed by atoms with Crippen LogP contribution < -0.4 is 5.32 Å². The Morgan fingerprint density at radius 2 is 2.13 bits per heavy atom. The number of nitrogens with one attached hydrogen (secondary N) is 1. The predicted octanol–water partition coefficient (Wildman–Crippen LogP) is 0.623. The molecule has 1 saturated heterocycles. The zero-order chi connectivity index (χ0) is 11.3. The summed E-state index contributed by atoms with van der Waals surface area (Å²) < 4.78 is 5.33. The lowest BCUT2D eigenvalue weighted by Gasteiger charge is -2.31. The summed E-state index contributed by atoms with van der Waals surface area (Å²) >= 11 is 0. The molecule has 1 heterocycles. The number of carbonyl (C=O) groups is 1. The molecule has 0 bridgehead atoms. The summed E-state index contributed by atoms with van der Waals surface area (Å²) in [6, 6.07) is 0. The molecule has 0 atom stereocenters. The van der Waals surface area contributed by atoms with Crippen molar-refractivity contribution in [2.45, 2.75) is 32.7 Å². The first-order chi connectivity index (χ1) is 7.08. The minimum Gasteiger partial charge on any atom is -0.380 e. The fraction of sp³-hybridized carbons (Fsp3) is 0.909. The molecule has 4 nitrogen and oxygen atoms in total. The van der Waals surface area contributed by atoms with Crippen LogP contribution in [0, 0.1) is 0 Å². The second kappa shape index (κ2) is 5.47. The minimum absolute atomic E-state index is 0.176. The molecule has 15 heavy (non-hydrogen) atoms. The van der Waals surface area contributed by atoms with Crippen LogP contribution in [-0.4, -0.2) is 49.2 Å². The molecular formula is C11H22N2O2. The average Bonchev–Trinajstić information content (AvgIpc) is 2.44. The van der Waals surface area contributed by atoms with Gasteiger partial charge in [0.05, 0.1) is 12.1 Å². The van der Waals surface area contributed by atoms with Crippen LogP contribution in [0.15, 0.2) is 0 Å². The third kappa shape index (κ3) is 3.47. The molecule has 0 spiro atoms. The maximum absolute atomic E-state index is 12.2. The quantitative estimate of drug-likeness (QED) is 0.749. The topological polar surface area (TPSA) is 41.6 Å². The van der Waals surface area contributed by atoms with Gasteiger partial charge in [-0.25, -0.2) is 0 Å². The van der Waals surface area contributed by atoms with Gasteiger partial charge in [0.1, 0.15) is 0 Å². The standard InChI is InChI=1S/C11H22N2O2/c1-4-12-11(2,3)10(14)13-6-5-8-15-9-7-13/h12H,4-9H2,1-3H3. The summed E-state index contributed by atoms with van der Waals surface area (Å²) in [5, 5.41) is 3.21. The lowest BCUT2D eigenvalue weighted by molar-refractivity contribution is -0.137. The number of nitrogens with zero attached hydrogens (tertiary/aromatic N) is 1. The van der Waals surface area contributed by atoms with E-state index in [1.807, 2.05) is 25.7 Å². The predicted molar refractivity (Wildman–Crippen MR) is 59.8 cm³/mol. The molecule has 1 amide bonds. The highest BCUT2D eigenvalue weighted by atomic mass is 16.5. The lowest BCUT2D eigenvalue weighted by atomic mass is 10.0. The zero-order valence-electron chi connectivity index (χ0n) is 10.0. The van der Waals surface area contributed by atoms with E-state index in [4.69, 9.17) is 4.74 Å². The van der Waals surface area contributed by atoms with Gasteiger partial charge in [-0.15, -0.1) is 0 Å². The van der Waals surface area contributed by atoms with E-state index in [9.17, 15) is 4.79 Å². The van der Waals surface area contributed by atoms with Crippen molar-refractivity contribution in [2.75, 3.05) is 32.8 Å². The molecule has 1 aliphatic rings. The second-order valence-corrected chi connectivity index (χ2v) is 4.41. The molecule has 0 saturated carbocycles. The molecule has 0 aliphatic carbocycles. The summed E-state index contributed by atoms with van der Waals surface area (Å²) in [5.41, 5.74) is -0.459. The van der Waals surface area contributed by atoms with Crippen LogP contribution in [0.3, 0.4) is 0 Å². The Morgan fingerprint density at radius 3 is 2.80 bits per heavy atom. The van der Waals surface area contributed by atoms with Gasteiger partial charge in [0.2, 0.25) is 5.91 Å². The second-order valence-electron chi connectivity index (χ2n) is 4.41. The van der Waals surface area contributed by atoms with E-state index >= 15 is 0 Å². The minimum atomic E-state index is -0.459. The Hall–Kier alpha value is -0.610. The monoisotopic (exact) mass is 214 g/mol. The first kappa shape index (κ1) is 12.5. The van der Waals surface area contributed by atoms with Gasteiger partial charge in [-0.1, -0.05) is 6.92 Å². The number of hydrogen-bond acceptors (Lipinski definition) is 3. The van der Waals surface area contributed by atoms with Gasteiger partial charge >= 0.3 is 0 Å². The summed E-state index contributed by atoms with van der Waals surface area (Å²) in [4.78, 5) is 14.1. The Bertz CT molecular complexity index is 209. The van der Waals surface area contributed by atoms with Crippen molar-refractivity contribution in [3.05, 3.63) is 0 Å². The third-order valence-electron chi connectivity index (χ3n) is 2.66. The number of likely N-dealkylation sites (N-methyl/N-ethyl adjacent to an activating group) is 1. The van der Waals surface area contributed by atoms with Crippen LogP contribution in [-0.2, 0) is 9.53 Å². The molecule has 0 unspecified atom stereocenters. The normalized spacial score (nSPS) is 18.7. The highest BCUT2D eigenvalue weighted by Crippen LogP contribution is 2.10. The van der Waals surface area contributed by atoms with E-state index in [0.29, 0.717) is 13.2 Å². The van der Waals surface area contributed by atoms with Crippen LogP contribution in [0.4, 0.5) is 0 Å². The van der Waals surface area contributed by atoms with E-state index in [1.165, 1.54) is 0 Å². The summed E-state index contributed by atoms with van der Waals surface area (Å²) in [6.45, 7) is 9.65. The number of carbonyl (C=O) groups excluding carboxylic acids is 1. The van der Waals surface area contributed by atoms with Gasteiger partial charge in [0, 0.05) is 19.7 Å². The molecule has 1 aliphatic heterocycles. The van der Waals surface area contributed by atoms with Gasteiger partial charge in [-0.2, -0.15) is 0 Å². The van der Waals surface area contributed by atoms with Crippen LogP contribution in [0.2, 0.25) is 0 Å². The summed E-state index contributed by atoms with van der Waals surface area (Å²) in [6.07, 6.45) is 0.938. The molecule has 88 valence electrons. The highest BCUT2D eigenvalue weighted by Gasteiger charge is 2.31. The third-order valence-corrected chi connectivity index (χ3v) is 2.66. The average molecular weight is 214 g/mol. The molecule has 0 aromatic carbocycles. The van der Waals surface area contributed by atoms with Crippen molar-refractivity contribution in [3.63, 3.8) is 0 Å². The number of rotatable bonds is 3. The molecule has 1 fully saturated rings. The summed E-state index contributed by atoms with van der Waals surface area (Å²) in [5.74, 6) is 0.176. The van der Waals surface area contributed by atoms with Crippen molar-refractivity contribution in [1.82, 2.24) is 10.2 Å². The Labute approximate surface area is 92.0 Å². The fourth-order valence-corrected chi connectivity index (χ4v) is 1.86. The SMILES string of the molecule is CCNC(C)(C)C(=O)N1CCCOCC1. The first-order valence-electron chi connectivity index (χ1n) is 5.70. The van der Waals surface area contributed by atoms with Crippen LogP contribution in [0.25, 0.3) is 0 Å². The molecule has 1 N–H and O–H groups in total. The van der Waals surface area contributed by atoms with E-state index < -0.39 is 5.54 Å². The van der Waals surface area contributed by atoms with E-state index in [2.05, 4.69) is 5.32 Å². The van der Waals surface area contributed by atoms with Gasteiger partial charge < -0.3 is 15.0 Å². The molecular weight excluding hydrogens is 192 g/mol. The van der Waals surface area contributed by atoms with Gasteiger partial charge in [-0.3, -0.25) is 4.79 Å². The van der Waals surface area contributed by atoms with Crippen molar-refractivity contribution in [1.29, 1.82) is 0 Å². The molecule has 0 aromatic heterocycles. The van der Waals surface area contributed by atoms with Crippen molar-refractivity contribution >= 4 is 5.91 Å². The lowest BCUT2D eigenvalue weighted by Crippen LogP contribution is -2.54. The Morgan fingerprint density at radius 1 is 1.40 bits per heavy atom. The Balaban J connectivity index is 2.56. The van der Waals surface area contributed by atoms with Gasteiger partial charge in [-0.05, 0) is 26.8 Å². The maximum Gasteiger partial charge on any atom is 0.242 e. The van der Waals surface area contributed by atoms with Gasteiger partial charge in [0.25, 0.3) is 0 Å². The number of amides is 1. The van der Waals surface area contributed by atoms with Gasteiger partial charge in [0.15, 0.2) is 0 Å². The largest absolute Gasteiger partial charge is 0.380 e. The van der Waals surface area contributed by atoms with Crippen molar-refractivity contribution in [3.8, 4) is 0 Å². The van der Waals surface area contributed by atoms with E-state index in [1.54, 1.807) is 0 Å². The molecule has 1 rings (SSSR count). The first-order valence-corrected chi connectivity index (χ1v) is 5.70. The maximum atomic E-state index is 12.2. The van der Waals surface area contributed by atoms with Crippen molar-refractivity contribution in [2.24, 2.45) is 0 Å². The smallest absolute Gasteiger partial charge is 0.242 e. The summed E-state index contributed by atoms with van der Waals surface area (Å²) in [7, 11) is 0. The van der Waals surface area contributed by atoms with Crippen LogP contribution >= 0.6 is 0 Å². The number of hydrogen-bond donors (Lipinski definition) is 1. The molecule has 4 heteroatoms. The molecule has 0 radical (unpaired) electrons. The highest BCUT2D eigenvalue weighted by molar-refractivity contribution is 5.85. The van der Waals surface area contributed by atoms with Crippen LogP contribution in [0.1, 0.15) is 27.2 Å².